The fourth-order valence-corrected chi connectivity index (χ4v) is 3.96. The number of rotatable bonds is 4. The van der Waals surface area contributed by atoms with Crippen molar-refractivity contribution in [1.82, 2.24) is 4.90 Å². The molecule has 5 heteroatoms. The molecule has 20 heavy (non-hydrogen) atoms. The molecule has 1 atom stereocenters. The highest BCUT2D eigenvalue weighted by Crippen LogP contribution is 2.25. The zero-order chi connectivity index (χ0) is 13.9. The van der Waals surface area contributed by atoms with E-state index in [0.29, 0.717) is 11.4 Å². The van der Waals surface area contributed by atoms with Gasteiger partial charge in [0.15, 0.2) is 0 Å². The van der Waals surface area contributed by atoms with E-state index in [9.17, 15) is 4.79 Å². The molecule has 0 aliphatic carbocycles. The average Bonchev–Trinajstić information content (AvgIpc) is 3.17. The van der Waals surface area contributed by atoms with E-state index in [-0.39, 0.29) is 11.8 Å². The minimum atomic E-state index is 0.124. The maximum atomic E-state index is 12.4. The molecular formula is C15H14N2OS2. The number of hydrogen-bond acceptors (Lipinski definition) is 4. The molecule has 0 N–H and O–H groups in total. The number of nitrogens with zero attached hydrogens (tertiary/aromatic N) is 2. The largest absolute Gasteiger partial charge is 0.338 e. The van der Waals surface area contributed by atoms with Crippen LogP contribution in [-0.2, 0) is 17.8 Å². The van der Waals surface area contributed by atoms with Crippen molar-refractivity contribution in [3.63, 3.8) is 0 Å². The van der Waals surface area contributed by atoms with Crippen molar-refractivity contribution in [2.24, 2.45) is 5.92 Å². The van der Waals surface area contributed by atoms with E-state index in [1.54, 1.807) is 11.3 Å². The predicted molar refractivity (Wildman–Crippen MR) is 80.6 cm³/mol. The molecule has 2 aromatic heterocycles. The highest BCUT2D eigenvalue weighted by atomic mass is 32.1. The first kappa shape index (κ1) is 13.3. The lowest BCUT2D eigenvalue weighted by Crippen LogP contribution is -2.27. The van der Waals surface area contributed by atoms with Gasteiger partial charge in [-0.1, -0.05) is 0 Å². The zero-order valence-electron chi connectivity index (χ0n) is 10.9. The van der Waals surface area contributed by atoms with Crippen LogP contribution in [0.2, 0.25) is 0 Å². The van der Waals surface area contributed by atoms with Crippen LogP contribution in [-0.4, -0.2) is 17.4 Å². The summed E-state index contributed by atoms with van der Waals surface area (Å²) in [4.78, 5) is 15.0. The Bertz CT molecular complexity index is 639. The van der Waals surface area contributed by atoms with Crippen molar-refractivity contribution >= 4 is 28.6 Å². The molecule has 0 radical (unpaired) electrons. The summed E-state index contributed by atoms with van der Waals surface area (Å²) in [7, 11) is 0. The molecule has 2 aromatic rings. The molecule has 1 saturated heterocycles. The SMILES string of the molecule is N#Cc1cc(CN2CC[C@H](Cc3ccsc3)C2=O)cs1. The highest BCUT2D eigenvalue weighted by Gasteiger charge is 2.31. The van der Waals surface area contributed by atoms with E-state index in [0.717, 1.165) is 24.9 Å². The summed E-state index contributed by atoms with van der Waals surface area (Å²) in [5.41, 5.74) is 2.33. The van der Waals surface area contributed by atoms with Gasteiger partial charge < -0.3 is 4.90 Å². The fourth-order valence-electron chi connectivity index (χ4n) is 2.58. The molecule has 1 fully saturated rings. The third kappa shape index (κ3) is 2.77. The van der Waals surface area contributed by atoms with Crippen LogP contribution in [0.15, 0.2) is 28.3 Å². The lowest BCUT2D eigenvalue weighted by atomic mass is 10.0. The normalized spacial score (nSPS) is 18.4. The van der Waals surface area contributed by atoms with Gasteiger partial charge in [0, 0.05) is 19.0 Å². The Hall–Kier alpha value is -1.64. The van der Waals surface area contributed by atoms with Gasteiger partial charge in [0.25, 0.3) is 0 Å². The molecule has 0 unspecified atom stereocenters. The Balaban J connectivity index is 1.62. The molecule has 102 valence electrons. The standard InChI is InChI=1S/C15H14N2OS2/c16-7-14-6-12(10-20-14)8-17-3-1-13(15(17)18)5-11-2-4-19-9-11/h2,4,6,9-10,13H,1,3,5,8H2/t13-/m1/s1. The maximum Gasteiger partial charge on any atom is 0.226 e. The molecule has 3 rings (SSSR count). The van der Waals surface area contributed by atoms with Crippen LogP contribution in [0.3, 0.4) is 0 Å². The van der Waals surface area contributed by atoms with Crippen LogP contribution >= 0.6 is 22.7 Å². The van der Waals surface area contributed by atoms with Crippen LogP contribution in [0, 0.1) is 17.2 Å². The van der Waals surface area contributed by atoms with Gasteiger partial charge in [-0.2, -0.15) is 16.6 Å². The zero-order valence-corrected chi connectivity index (χ0v) is 12.5. The monoisotopic (exact) mass is 302 g/mol. The van der Waals surface area contributed by atoms with Crippen molar-refractivity contribution < 1.29 is 4.79 Å². The minimum Gasteiger partial charge on any atom is -0.338 e. The van der Waals surface area contributed by atoms with Crippen LogP contribution in [0.5, 0.6) is 0 Å². The smallest absolute Gasteiger partial charge is 0.226 e. The summed E-state index contributed by atoms with van der Waals surface area (Å²) in [6.07, 6.45) is 1.79. The molecule has 0 spiro atoms. The third-order valence-electron chi connectivity index (χ3n) is 3.61. The number of likely N-dealkylation sites (tertiary alicyclic amines) is 1. The molecule has 1 aliphatic heterocycles. The Kier molecular flexibility index (Phi) is 3.86. The Labute approximate surface area is 126 Å². The lowest BCUT2D eigenvalue weighted by molar-refractivity contribution is -0.131. The van der Waals surface area contributed by atoms with Gasteiger partial charge in [-0.25, -0.2) is 0 Å². The lowest BCUT2D eigenvalue weighted by Gasteiger charge is -2.15. The van der Waals surface area contributed by atoms with Gasteiger partial charge in [-0.05, 0) is 52.2 Å². The van der Waals surface area contributed by atoms with E-state index in [4.69, 9.17) is 5.26 Å². The molecule has 0 saturated carbocycles. The van der Waals surface area contributed by atoms with E-state index in [2.05, 4.69) is 22.9 Å². The maximum absolute atomic E-state index is 12.4. The molecular weight excluding hydrogens is 288 g/mol. The second kappa shape index (κ2) is 5.78. The van der Waals surface area contributed by atoms with E-state index < -0.39 is 0 Å². The summed E-state index contributed by atoms with van der Waals surface area (Å²) in [5.74, 6) is 0.375. The molecule has 3 heterocycles. The van der Waals surface area contributed by atoms with Crippen molar-refractivity contribution in [3.8, 4) is 6.07 Å². The Morgan fingerprint density at radius 2 is 2.30 bits per heavy atom. The number of hydrogen-bond donors (Lipinski definition) is 0. The number of nitriles is 1. The van der Waals surface area contributed by atoms with Gasteiger partial charge >= 0.3 is 0 Å². The summed E-state index contributed by atoms with van der Waals surface area (Å²) in [6, 6.07) is 6.11. The third-order valence-corrected chi connectivity index (χ3v) is 5.22. The second-order valence-corrected chi connectivity index (χ2v) is 6.70. The first-order chi connectivity index (χ1) is 9.76. The number of carbonyl (C=O) groups excluding carboxylic acids is 1. The van der Waals surface area contributed by atoms with Crippen LogP contribution in [0.1, 0.15) is 22.4 Å². The Morgan fingerprint density at radius 1 is 1.40 bits per heavy atom. The number of carbonyl (C=O) groups is 1. The van der Waals surface area contributed by atoms with Gasteiger partial charge in [0.2, 0.25) is 5.91 Å². The van der Waals surface area contributed by atoms with Crippen molar-refractivity contribution in [1.29, 1.82) is 5.26 Å². The minimum absolute atomic E-state index is 0.124. The summed E-state index contributed by atoms with van der Waals surface area (Å²) >= 11 is 3.12. The molecule has 3 nitrogen and oxygen atoms in total. The molecule has 1 amide bonds. The quantitative estimate of drug-likeness (QED) is 0.870. The van der Waals surface area contributed by atoms with Crippen LogP contribution < -0.4 is 0 Å². The van der Waals surface area contributed by atoms with Crippen LogP contribution in [0.25, 0.3) is 0 Å². The molecule has 0 aromatic carbocycles. The van der Waals surface area contributed by atoms with Crippen molar-refractivity contribution in [2.45, 2.75) is 19.4 Å². The average molecular weight is 302 g/mol. The van der Waals surface area contributed by atoms with E-state index in [1.165, 1.54) is 16.9 Å². The van der Waals surface area contributed by atoms with Gasteiger partial charge in [-0.15, -0.1) is 11.3 Å². The first-order valence-electron chi connectivity index (χ1n) is 6.53. The van der Waals surface area contributed by atoms with Crippen molar-refractivity contribution in [3.05, 3.63) is 44.3 Å². The van der Waals surface area contributed by atoms with Crippen LogP contribution in [0.4, 0.5) is 0 Å². The van der Waals surface area contributed by atoms with E-state index in [1.807, 2.05) is 16.3 Å². The van der Waals surface area contributed by atoms with Gasteiger partial charge in [0.05, 0.1) is 0 Å². The molecule has 1 aliphatic rings. The number of amides is 1. The summed E-state index contributed by atoms with van der Waals surface area (Å²) in [6.45, 7) is 1.46. The van der Waals surface area contributed by atoms with Gasteiger partial charge in [-0.3, -0.25) is 4.79 Å². The first-order valence-corrected chi connectivity index (χ1v) is 8.36. The van der Waals surface area contributed by atoms with E-state index >= 15 is 0 Å². The second-order valence-electron chi connectivity index (χ2n) is 5.01. The fraction of sp³-hybridized carbons (Fsp3) is 0.333. The summed E-state index contributed by atoms with van der Waals surface area (Å²) < 4.78 is 0. The topological polar surface area (TPSA) is 44.1 Å². The van der Waals surface area contributed by atoms with Gasteiger partial charge in [0.1, 0.15) is 10.9 Å². The predicted octanol–water partition coefficient (Wildman–Crippen LogP) is 3.27. The Morgan fingerprint density at radius 3 is 3.00 bits per heavy atom. The highest BCUT2D eigenvalue weighted by molar-refractivity contribution is 7.10. The molecule has 0 bridgehead atoms. The summed E-state index contributed by atoms with van der Waals surface area (Å²) in [5, 5.41) is 15.0. The number of thiophene rings is 2. The van der Waals surface area contributed by atoms with Crippen molar-refractivity contribution in [2.75, 3.05) is 6.54 Å².